The molecule has 26 heavy (non-hydrogen) atoms. The molecule has 0 radical (unpaired) electrons. The van der Waals surface area contributed by atoms with Crippen LogP contribution in [0.3, 0.4) is 0 Å². The van der Waals surface area contributed by atoms with Crippen molar-refractivity contribution in [3.8, 4) is 0 Å². The van der Waals surface area contributed by atoms with Crippen molar-refractivity contribution < 1.29 is 4.74 Å². The summed E-state index contributed by atoms with van der Waals surface area (Å²) in [5.41, 5.74) is 0. The van der Waals surface area contributed by atoms with Gasteiger partial charge in [-0.1, -0.05) is 0 Å². The van der Waals surface area contributed by atoms with Crippen molar-refractivity contribution in [1.29, 1.82) is 0 Å². The van der Waals surface area contributed by atoms with E-state index in [4.69, 9.17) is 4.74 Å². The number of thiophene rings is 1. The average Bonchev–Trinajstić information content (AvgIpc) is 3.33. The Morgan fingerprint density at radius 1 is 1.31 bits per heavy atom. The van der Waals surface area contributed by atoms with Crippen LogP contribution in [0, 0.1) is 0 Å². The smallest absolute Gasteiger partial charge is 0.193 e. The number of methoxy groups -OCH3 is 1. The maximum atomic E-state index is 5.24. The standard InChI is InChI=1S/C18H31N5OS.HI/c1-19-18(20-15-16-5-3-7-21(16)12-13-24-2)23-10-8-22(9-11-23)17-6-4-14-25-17;/h4,6,14,16H,3,5,7-13,15H2,1-2H3,(H,19,20);1H. The molecule has 2 fully saturated rings. The zero-order valence-corrected chi connectivity index (χ0v) is 19.0. The van der Waals surface area contributed by atoms with E-state index in [1.165, 1.54) is 24.4 Å². The Morgan fingerprint density at radius 3 is 2.77 bits per heavy atom. The fourth-order valence-electron chi connectivity index (χ4n) is 3.76. The van der Waals surface area contributed by atoms with Crippen molar-refractivity contribution in [3.63, 3.8) is 0 Å². The summed E-state index contributed by atoms with van der Waals surface area (Å²) in [6.07, 6.45) is 2.55. The van der Waals surface area contributed by atoms with E-state index in [0.29, 0.717) is 6.04 Å². The Hall–Kier alpha value is -0.580. The van der Waals surface area contributed by atoms with Crippen molar-refractivity contribution in [1.82, 2.24) is 15.1 Å². The fraction of sp³-hybridized carbons (Fsp3) is 0.722. The van der Waals surface area contributed by atoms with Crippen LogP contribution in [0.4, 0.5) is 5.00 Å². The van der Waals surface area contributed by atoms with Gasteiger partial charge in [0.2, 0.25) is 0 Å². The molecule has 0 saturated carbocycles. The lowest BCUT2D eigenvalue weighted by Gasteiger charge is -2.37. The van der Waals surface area contributed by atoms with Crippen LogP contribution in [0.15, 0.2) is 22.5 Å². The van der Waals surface area contributed by atoms with E-state index in [9.17, 15) is 0 Å². The number of ether oxygens (including phenoxy) is 1. The largest absolute Gasteiger partial charge is 0.383 e. The Balaban J connectivity index is 0.00000243. The van der Waals surface area contributed by atoms with Crippen LogP contribution in [0.25, 0.3) is 0 Å². The van der Waals surface area contributed by atoms with Gasteiger partial charge in [-0.2, -0.15) is 0 Å². The van der Waals surface area contributed by atoms with E-state index in [1.807, 2.05) is 18.4 Å². The number of guanidine groups is 1. The molecular formula is C18H32IN5OS. The van der Waals surface area contributed by atoms with Crippen LogP contribution in [-0.2, 0) is 4.74 Å². The lowest BCUT2D eigenvalue weighted by atomic mass is 10.2. The Kier molecular flexibility index (Phi) is 9.44. The second-order valence-corrected chi connectivity index (χ2v) is 7.60. The number of aliphatic imine (C=N–C) groups is 1. The summed E-state index contributed by atoms with van der Waals surface area (Å²) in [6.45, 7) is 8.17. The van der Waals surface area contributed by atoms with Gasteiger partial charge >= 0.3 is 0 Å². The molecule has 2 saturated heterocycles. The van der Waals surface area contributed by atoms with Crippen LogP contribution in [0.1, 0.15) is 12.8 Å². The fourth-order valence-corrected chi connectivity index (χ4v) is 4.54. The van der Waals surface area contributed by atoms with Crippen molar-refractivity contribution in [2.75, 3.05) is 71.5 Å². The van der Waals surface area contributed by atoms with Crippen molar-refractivity contribution in [3.05, 3.63) is 17.5 Å². The van der Waals surface area contributed by atoms with Gasteiger partial charge in [-0.05, 0) is 36.9 Å². The summed E-state index contributed by atoms with van der Waals surface area (Å²) in [6, 6.07) is 4.94. The quantitative estimate of drug-likeness (QED) is 0.374. The number of likely N-dealkylation sites (tertiary alicyclic amines) is 1. The minimum absolute atomic E-state index is 0. The number of anilines is 1. The maximum Gasteiger partial charge on any atom is 0.193 e. The molecule has 0 bridgehead atoms. The predicted molar refractivity (Wildman–Crippen MR) is 121 cm³/mol. The van der Waals surface area contributed by atoms with Crippen molar-refractivity contribution >= 4 is 46.3 Å². The molecular weight excluding hydrogens is 461 g/mol. The third kappa shape index (κ3) is 5.71. The lowest BCUT2D eigenvalue weighted by Crippen LogP contribution is -2.54. The Bertz CT molecular complexity index is 534. The molecule has 1 unspecified atom stereocenters. The van der Waals surface area contributed by atoms with E-state index in [1.54, 1.807) is 7.11 Å². The molecule has 3 rings (SSSR count). The highest BCUT2D eigenvalue weighted by Crippen LogP contribution is 2.22. The molecule has 148 valence electrons. The molecule has 0 aromatic carbocycles. The maximum absolute atomic E-state index is 5.24. The highest BCUT2D eigenvalue weighted by molar-refractivity contribution is 14.0. The summed E-state index contributed by atoms with van der Waals surface area (Å²) in [7, 11) is 3.67. The van der Waals surface area contributed by atoms with E-state index < -0.39 is 0 Å². The summed E-state index contributed by atoms with van der Waals surface area (Å²) >= 11 is 1.82. The minimum Gasteiger partial charge on any atom is -0.383 e. The van der Waals surface area contributed by atoms with Gasteiger partial charge in [0, 0.05) is 59.5 Å². The number of halogens is 1. The zero-order valence-electron chi connectivity index (χ0n) is 15.9. The van der Waals surface area contributed by atoms with E-state index >= 15 is 0 Å². The normalized spacial score (nSPS) is 21.8. The topological polar surface area (TPSA) is 43.3 Å². The molecule has 1 aromatic heterocycles. The molecule has 2 aliphatic rings. The number of rotatable bonds is 6. The van der Waals surface area contributed by atoms with Gasteiger partial charge in [0.15, 0.2) is 5.96 Å². The highest BCUT2D eigenvalue weighted by Gasteiger charge is 2.25. The van der Waals surface area contributed by atoms with Crippen molar-refractivity contribution in [2.24, 2.45) is 4.99 Å². The zero-order chi connectivity index (χ0) is 17.5. The first-order chi connectivity index (χ1) is 12.3. The van der Waals surface area contributed by atoms with Gasteiger partial charge < -0.3 is 19.9 Å². The van der Waals surface area contributed by atoms with Gasteiger partial charge in [0.1, 0.15) is 0 Å². The number of piperazine rings is 1. The van der Waals surface area contributed by atoms with Crippen LogP contribution in [0.5, 0.6) is 0 Å². The second kappa shape index (κ2) is 11.3. The monoisotopic (exact) mass is 493 g/mol. The van der Waals surface area contributed by atoms with Gasteiger partial charge in [-0.15, -0.1) is 35.3 Å². The molecule has 1 atom stereocenters. The summed E-state index contributed by atoms with van der Waals surface area (Å²) in [5, 5.41) is 7.14. The van der Waals surface area contributed by atoms with Gasteiger partial charge in [0.05, 0.1) is 11.6 Å². The first-order valence-corrected chi connectivity index (χ1v) is 10.2. The molecule has 1 N–H and O–H groups in total. The lowest BCUT2D eigenvalue weighted by molar-refractivity contribution is 0.141. The SMILES string of the molecule is CN=C(NCC1CCCN1CCOC)N1CCN(c2cccs2)CC1.I. The van der Waals surface area contributed by atoms with Gasteiger partial charge in [-0.3, -0.25) is 9.89 Å². The Morgan fingerprint density at radius 2 is 2.12 bits per heavy atom. The average molecular weight is 493 g/mol. The third-order valence-electron chi connectivity index (χ3n) is 5.19. The highest BCUT2D eigenvalue weighted by atomic mass is 127. The molecule has 2 aliphatic heterocycles. The van der Waals surface area contributed by atoms with Crippen LogP contribution in [-0.4, -0.2) is 88.4 Å². The Labute approximate surface area is 178 Å². The summed E-state index contributed by atoms with van der Waals surface area (Å²) in [5.74, 6) is 1.05. The van der Waals surface area contributed by atoms with E-state index in [0.717, 1.165) is 51.8 Å². The summed E-state index contributed by atoms with van der Waals surface area (Å²) in [4.78, 5) is 11.9. The first-order valence-electron chi connectivity index (χ1n) is 9.29. The number of hydrogen-bond acceptors (Lipinski definition) is 5. The minimum atomic E-state index is 0. The molecule has 0 amide bonds. The van der Waals surface area contributed by atoms with Crippen LogP contribution in [0.2, 0.25) is 0 Å². The molecule has 0 aliphatic carbocycles. The summed E-state index contributed by atoms with van der Waals surface area (Å²) < 4.78 is 5.24. The number of nitrogens with zero attached hydrogens (tertiary/aromatic N) is 4. The molecule has 3 heterocycles. The molecule has 1 aromatic rings. The van der Waals surface area contributed by atoms with Gasteiger partial charge in [-0.25, -0.2) is 0 Å². The number of hydrogen-bond donors (Lipinski definition) is 1. The van der Waals surface area contributed by atoms with Crippen molar-refractivity contribution in [2.45, 2.75) is 18.9 Å². The van der Waals surface area contributed by atoms with Gasteiger partial charge in [0.25, 0.3) is 0 Å². The predicted octanol–water partition coefficient (Wildman–Crippen LogP) is 2.17. The van der Waals surface area contributed by atoms with E-state index in [2.05, 4.69) is 42.5 Å². The number of nitrogens with one attached hydrogen (secondary N) is 1. The molecule has 8 heteroatoms. The first kappa shape index (κ1) is 21.7. The van der Waals surface area contributed by atoms with Crippen LogP contribution < -0.4 is 10.2 Å². The molecule has 0 spiro atoms. The third-order valence-corrected chi connectivity index (χ3v) is 6.12. The van der Waals surface area contributed by atoms with E-state index in [-0.39, 0.29) is 24.0 Å². The molecule has 6 nitrogen and oxygen atoms in total. The second-order valence-electron chi connectivity index (χ2n) is 6.68. The van der Waals surface area contributed by atoms with Crippen LogP contribution >= 0.6 is 35.3 Å².